The van der Waals surface area contributed by atoms with Gasteiger partial charge >= 0.3 is 12.1 Å². The Hall–Kier alpha value is -2.04. The highest BCUT2D eigenvalue weighted by Crippen LogP contribution is 2.04. The Kier molecular flexibility index (Phi) is 7.94. The molecule has 0 heterocycles. The Balaban J connectivity index is 2.15. The third kappa shape index (κ3) is 7.34. The largest absolute Gasteiger partial charge is 0.466 e. The van der Waals surface area contributed by atoms with Crippen molar-refractivity contribution in [3.05, 3.63) is 35.9 Å². The average molecular weight is 293 g/mol. The van der Waals surface area contributed by atoms with Crippen LogP contribution in [0.4, 0.5) is 4.79 Å². The van der Waals surface area contributed by atoms with Gasteiger partial charge in [0.05, 0.1) is 6.61 Å². The first-order valence-corrected chi connectivity index (χ1v) is 7.21. The van der Waals surface area contributed by atoms with Crippen molar-refractivity contribution in [2.75, 3.05) is 20.2 Å². The molecule has 0 saturated carbocycles. The van der Waals surface area contributed by atoms with Gasteiger partial charge in [-0.15, -0.1) is 0 Å². The summed E-state index contributed by atoms with van der Waals surface area (Å²) in [5, 5.41) is 0. The van der Waals surface area contributed by atoms with Gasteiger partial charge in [0, 0.05) is 20.0 Å². The predicted octanol–water partition coefficient (Wildman–Crippen LogP) is 2.99. The maximum absolute atomic E-state index is 11.8. The van der Waals surface area contributed by atoms with Crippen LogP contribution in [-0.4, -0.2) is 37.2 Å². The van der Waals surface area contributed by atoms with Gasteiger partial charge in [0.15, 0.2) is 0 Å². The maximum atomic E-state index is 11.8. The van der Waals surface area contributed by atoms with Crippen molar-refractivity contribution in [1.29, 1.82) is 0 Å². The molecule has 0 saturated heterocycles. The fourth-order valence-electron chi connectivity index (χ4n) is 1.77. The standard InChI is InChI=1S/C16H23NO4/c1-3-20-15(18)11-7-8-12-17(2)16(19)21-13-14-9-5-4-6-10-14/h4-6,9-10H,3,7-8,11-13H2,1-2H3. The summed E-state index contributed by atoms with van der Waals surface area (Å²) >= 11 is 0. The van der Waals surface area contributed by atoms with Gasteiger partial charge in [0.1, 0.15) is 6.61 Å². The summed E-state index contributed by atoms with van der Waals surface area (Å²) in [6.45, 7) is 3.03. The zero-order chi connectivity index (χ0) is 15.5. The van der Waals surface area contributed by atoms with Gasteiger partial charge in [0.25, 0.3) is 0 Å². The first kappa shape index (κ1) is 17.0. The van der Waals surface area contributed by atoms with E-state index < -0.39 is 0 Å². The molecule has 0 unspecified atom stereocenters. The van der Waals surface area contributed by atoms with Crippen LogP contribution in [0.1, 0.15) is 31.7 Å². The van der Waals surface area contributed by atoms with E-state index in [1.165, 1.54) is 4.90 Å². The van der Waals surface area contributed by atoms with Gasteiger partial charge in [-0.05, 0) is 25.3 Å². The number of amides is 1. The van der Waals surface area contributed by atoms with Crippen molar-refractivity contribution in [3.8, 4) is 0 Å². The van der Waals surface area contributed by atoms with E-state index in [4.69, 9.17) is 9.47 Å². The minimum absolute atomic E-state index is 0.188. The third-order valence-electron chi connectivity index (χ3n) is 2.95. The molecule has 0 aliphatic carbocycles. The second kappa shape index (κ2) is 9.80. The molecular weight excluding hydrogens is 270 g/mol. The molecule has 0 aromatic heterocycles. The topological polar surface area (TPSA) is 55.8 Å². The van der Waals surface area contributed by atoms with Crippen LogP contribution in [0.15, 0.2) is 30.3 Å². The van der Waals surface area contributed by atoms with Crippen molar-refractivity contribution >= 4 is 12.1 Å². The van der Waals surface area contributed by atoms with Gasteiger partial charge in [0.2, 0.25) is 0 Å². The van der Waals surface area contributed by atoms with Crippen LogP contribution in [0, 0.1) is 0 Å². The SMILES string of the molecule is CCOC(=O)CCCCN(C)C(=O)OCc1ccccc1. The Bertz CT molecular complexity index is 433. The van der Waals surface area contributed by atoms with E-state index in [0.29, 0.717) is 26.0 Å². The van der Waals surface area contributed by atoms with Crippen molar-refractivity contribution in [3.63, 3.8) is 0 Å². The fourth-order valence-corrected chi connectivity index (χ4v) is 1.77. The second-order valence-electron chi connectivity index (χ2n) is 4.72. The van der Waals surface area contributed by atoms with Crippen LogP contribution < -0.4 is 0 Å². The lowest BCUT2D eigenvalue weighted by Crippen LogP contribution is -2.28. The number of nitrogens with zero attached hydrogens (tertiary/aromatic N) is 1. The summed E-state index contributed by atoms with van der Waals surface area (Å²) < 4.78 is 10.0. The maximum Gasteiger partial charge on any atom is 0.409 e. The number of benzene rings is 1. The number of carbonyl (C=O) groups excluding carboxylic acids is 2. The number of ether oxygens (including phenoxy) is 2. The highest BCUT2D eigenvalue weighted by atomic mass is 16.6. The molecule has 0 radical (unpaired) electrons. The van der Waals surface area contributed by atoms with Crippen LogP contribution in [0.5, 0.6) is 0 Å². The molecule has 116 valence electrons. The molecule has 0 spiro atoms. The summed E-state index contributed by atoms with van der Waals surface area (Å²) in [5.74, 6) is -0.188. The molecule has 1 rings (SSSR count). The van der Waals surface area contributed by atoms with Crippen LogP contribution >= 0.6 is 0 Å². The molecule has 1 aromatic carbocycles. The normalized spacial score (nSPS) is 10.0. The summed E-state index contributed by atoms with van der Waals surface area (Å²) in [5.41, 5.74) is 0.960. The number of hydrogen-bond donors (Lipinski definition) is 0. The average Bonchev–Trinajstić information content (AvgIpc) is 2.50. The summed E-state index contributed by atoms with van der Waals surface area (Å²) in [7, 11) is 1.69. The van der Waals surface area contributed by atoms with E-state index in [1.807, 2.05) is 30.3 Å². The minimum Gasteiger partial charge on any atom is -0.466 e. The fraction of sp³-hybridized carbons (Fsp3) is 0.500. The van der Waals surface area contributed by atoms with Gasteiger partial charge < -0.3 is 14.4 Å². The van der Waals surface area contributed by atoms with Crippen molar-refractivity contribution < 1.29 is 19.1 Å². The van der Waals surface area contributed by atoms with Crippen molar-refractivity contribution in [2.45, 2.75) is 32.8 Å². The number of carbonyl (C=O) groups is 2. The molecule has 5 nitrogen and oxygen atoms in total. The van der Waals surface area contributed by atoms with E-state index in [0.717, 1.165) is 12.0 Å². The van der Waals surface area contributed by atoms with Crippen LogP contribution in [0.2, 0.25) is 0 Å². The van der Waals surface area contributed by atoms with Gasteiger partial charge in [-0.2, -0.15) is 0 Å². The summed E-state index contributed by atoms with van der Waals surface area (Å²) in [6, 6.07) is 9.55. The van der Waals surface area contributed by atoms with E-state index >= 15 is 0 Å². The smallest absolute Gasteiger partial charge is 0.409 e. The van der Waals surface area contributed by atoms with Crippen LogP contribution in [0.3, 0.4) is 0 Å². The zero-order valence-electron chi connectivity index (χ0n) is 12.7. The lowest BCUT2D eigenvalue weighted by molar-refractivity contribution is -0.143. The number of esters is 1. The second-order valence-corrected chi connectivity index (χ2v) is 4.72. The molecule has 0 N–H and O–H groups in total. The molecule has 0 aliphatic heterocycles. The van der Waals surface area contributed by atoms with E-state index in [2.05, 4.69) is 0 Å². The van der Waals surface area contributed by atoms with Gasteiger partial charge in [-0.3, -0.25) is 4.79 Å². The van der Waals surface area contributed by atoms with Crippen molar-refractivity contribution in [2.24, 2.45) is 0 Å². The Morgan fingerprint density at radius 1 is 1.10 bits per heavy atom. The Labute approximate surface area is 125 Å². The minimum atomic E-state index is -0.352. The molecule has 0 aliphatic rings. The summed E-state index contributed by atoms with van der Waals surface area (Å²) in [4.78, 5) is 24.4. The van der Waals surface area contributed by atoms with E-state index in [-0.39, 0.29) is 18.7 Å². The number of rotatable bonds is 8. The molecule has 1 aromatic rings. The quantitative estimate of drug-likeness (QED) is 0.546. The molecule has 0 atom stereocenters. The summed E-state index contributed by atoms with van der Waals surface area (Å²) in [6.07, 6.45) is 1.49. The lowest BCUT2D eigenvalue weighted by atomic mass is 10.2. The first-order valence-electron chi connectivity index (χ1n) is 7.21. The number of unbranched alkanes of at least 4 members (excludes halogenated alkanes) is 1. The number of hydrogen-bond acceptors (Lipinski definition) is 4. The third-order valence-corrected chi connectivity index (χ3v) is 2.95. The van der Waals surface area contributed by atoms with Gasteiger partial charge in [-0.25, -0.2) is 4.79 Å². The van der Waals surface area contributed by atoms with Crippen LogP contribution in [0.25, 0.3) is 0 Å². The Morgan fingerprint density at radius 3 is 2.48 bits per heavy atom. The van der Waals surface area contributed by atoms with E-state index in [9.17, 15) is 9.59 Å². The highest BCUT2D eigenvalue weighted by Gasteiger charge is 2.10. The zero-order valence-corrected chi connectivity index (χ0v) is 12.7. The van der Waals surface area contributed by atoms with E-state index in [1.54, 1.807) is 14.0 Å². The monoisotopic (exact) mass is 293 g/mol. The lowest BCUT2D eigenvalue weighted by Gasteiger charge is -2.16. The van der Waals surface area contributed by atoms with Gasteiger partial charge in [-0.1, -0.05) is 30.3 Å². The molecule has 5 heteroatoms. The molecule has 0 fully saturated rings. The molecule has 0 bridgehead atoms. The predicted molar refractivity (Wildman–Crippen MR) is 79.7 cm³/mol. The highest BCUT2D eigenvalue weighted by molar-refractivity contribution is 5.69. The molecular formula is C16H23NO4. The van der Waals surface area contributed by atoms with Crippen LogP contribution in [-0.2, 0) is 20.9 Å². The van der Waals surface area contributed by atoms with Crippen molar-refractivity contribution in [1.82, 2.24) is 4.90 Å². The Morgan fingerprint density at radius 2 is 1.81 bits per heavy atom. The molecule has 21 heavy (non-hydrogen) atoms. The first-order chi connectivity index (χ1) is 10.1. The molecule has 1 amide bonds.